The standard InChI is InChI=1S/C16H23ClN2O4S/c1-2-3-8-19-9-6-12(7-10-19)18-24(22,23)13-4-5-15(17)14(11-13)16(20)21/h4-5,11-12,18H,2-3,6-10H2,1H3,(H,20,21). The van der Waals surface area contributed by atoms with Crippen LogP contribution < -0.4 is 4.72 Å². The first kappa shape index (κ1) is 19.2. The largest absolute Gasteiger partial charge is 0.478 e. The molecule has 2 N–H and O–H groups in total. The van der Waals surface area contributed by atoms with E-state index >= 15 is 0 Å². The van der Waals surface area contributed by atoms with Crippen molar-refractivity contribution in [3.8, 4) is 0 Å². The van der Waals surface area contributed by atoms with Gasteiger partial charge in [0.15, 0.2) is 0 Å². The molecular weight excluding hydrogens is 352 g/mol. The summed E-state index contributed by atoms with van der Waals surface area (Å²) in [7, 11) is -3.76. The average Bonchev–Trinajstić information content (AvgIpc) is 2.54. The maximum absolute atomic E-state index is 12.5. The Hall–Kier alpha value is -1.15. The van der Waals surface area contributed by atoms with Gasteiger partial charge in [0.2, 0.25) is 10.0 Å². The van der Waals surface area contributed by atoms with Gasteiger partial charge in [-0.2, -0.15) is 0 Å². The first-order chi connectivity index (χ1) is 11.3. The Balaban J connectivity index is 2.02. The van der Waals surface area contributed by atoms with Gasteiger partial charge in [0.25, 0.3) is 0 Å². The summed E-state index contributed by atoms with van der Waals surface area (Å²) in [5.74, 6) is -1.25. The van der Waals surface area contributed by atoms with Crippen molar-refractivity contribution < 1.29 is 18.3 Å². The van der Waals surface area contributed by atoms with E-state index in [9.17, 15) is 13.2 Å². The molecule has 0 saturated carbocycles. The number of aromatic carboxylic acids is 1. The van der Waals surface area contributed by atoms with E-state index in [-0.39, 0.29) is 21.5 Å². The van der Waals surface area contributed by atoms with Gasteiger partial charge < -0.3 is 10.0 Å². The van der Waals surface area contributed by atoms with Crippen molar-refractivity contribution in [2.75, 3.05) is 19.6 Å². The summed E-state index contributed by atoms with van der Waals surface area (Å²) in [6.07, 6.45) is 3.80. The zero-order chi connectivity index (χ0) is 17.7. The van der Waals surface area contributed by atoms with Crippen LogP contribution in [0.4, 0.5) is 0 Å². The van der Waals surface area contributed by atoms with Gasteiger partial charge in [0.05, 0.1) is 15.5 Å². The van der Waals surface area contributed by atoms with Crippen molar-refractivity contribution in [3.05, 3.63) is 28.8 Å². The van der Waals surface area contributed by atoms with E-state index < -0.39 is 16.0 Å². The van der Waals surface area contributed by atoms with E-state index in [1.54, 1.807) is 0 Å². The molecule has 6 nitrogen and oxygen atoms in total. The van der Waals surface area contributed by atoms with E-state index in [4.69, 9.17) is 16.7 Å². The van der Waals surface area contributed by atoms with Crippen LogP contribution in [0.15, 0.2) is 23.1 Å². The van der Waals surface area contributed by atoms with E-state index in [1.165, 1.54) is 12.1 Å². The predicted octanol–water partition coefficient (Wildman–Crippen LogP) is 2.58. The van der Waals surface area contributed by atoms with Crippen LogP contribution in [-0.4, -0.2) is 50.1 Å². The molecule has 134 valence electrons. The van der Waals surface area contributed by atoms with E-state index in [2.05, 4.69) is 16.5 Å². The van der Waals surface area contributed by atoms with Crippen molar-refractivity contribution in [1.82, 2.24) is 9.62 Å². The second-order valence-electron chi connectivity index (χ2n) is 6.04. The van der Waals surface area contributed by atoms with Gasteiger partial charge in [-0.1, -0.05) is 24.9 Å². The normalized spacial score (nSPS) is 17.1. The lowest BCUT2D eigenvalue weighted by Gasteiger charge is -2.32. The fraction of sp³-hybridized carbons (Fsp3) is 0.562. The van der Waals surface area contributed by atoms with Crippen LogP contribution in [0.5, 0.6) is 0 Å². The average molecular weight is 375 g/mol. The topological polar surface area (TPSA) is 86.7 Å². The molecule has 0 aromatic heterocycles. The summed E-state index contributed by atoms with van der Waals surface area (Å²) in [6, 6.07) is 3.60. The fourth-order valence-electron chi connectivity index (χ4n) is 2.78. The molecular formula is C16H23ClN2O4S. The number of hydrogen-bond donors (Lipinski definition) is 2. The Labute approximate surface area is 147 Å². The number of piperidine rings is 1. The molecule has 1 saturated heterocycles. The van der Waals surface area contributed by atoms with Crippen LogP contribution in [0, 0.1) is 0 Å². The number of carboxylic acid groups (broad SMARTS) is 1. The number of rotatable bonds is 7. The molecule has 1 aliphatic heterocycles. The number of nitrogens with zero attached hydrogens (tertiary/aromatic N) is 1. The van der Waals surface area contributed by atoms with Gasteiger partial charge in [0.1, 0.15) is 0 Å². The van der Waals surface area contributed by atoms with E-state index in [1.807, 2.05) is 0 Å². The minimum atomic E-state index is -3.76. The van der Waals surface area contributed by atoms with Crippen molar-refractivity contribution in [1.29, 1.82) is 0 Å². The maximum atomic E-state index is 12.5. The third-order valence-electron chi connectivity index (χ3n) is 4.22. The molecule has 0 spiro atoms. The van der Waals surface area contributed by atoms with Crippen LogP contribution in [0.3, 0.4) is 0 Å². The lowest BCUT2D eigenvalue weighted by atomic mass is 10.1. The van der Waals surface area contributed by atoms with Gasteiger partial charge >= 0.3 is 5.97 Å². The second-order valence-corrected chi connectivity index (χ2v) is 8.16. The molecule has 0 bridgehead atoms. The number of likely N-dealkylation sites (tertiary alicyclic amines) is 1. The first-order valence-corrected chi connectivity index (χ1v) is 9.97. The number of carboxylic acids is 1. The lowest BCUT2D eigenvalue weighted by molar-refractivity contribution is 0.0697. The Bertz CT molecular complexity index is 685. The van der Waals surface area contributed by atoms with Crippen molar-refractivity contribution >= 4 is 27.6 Å². The summed E-state index contributed by atoms with van der Waals surface area (Å²) in [4.78, 5) is 13.4. The van der Waals surface area contributed by atoms with Crippen molar-refractivity contribution in [3.63, 3.8) is 0 Å². The minimum absolute atomic E-state index is 0.0192. The van der Waals surface area contributed by atoms with Crippen molar-refractivity contribution in [2.24, 2.45) is 0 Å². The molecule has 1 aromatic rings. The van der Waals surface area contributed by atoms with Gasteiger partial charge in [0, 0.05) is 6.04 Å². The molecule has 0 radical (unpaired) electrons. The summed E-state index contributed by atoms with van der Waals surface area (Å²) < 4.78 is 27.6. The number of unbranched alkanes of at least 4 members (excludes halogenated alkanes) is 1. The Morgan fingerprint density at radius 2 is 2.04 bits per heavy atom. The highest BCUT2D eigenvalue weighted by Gasteiger charge is 2.25. The number of halogens is 1. The highest BCUT2D eigenvalue weighted by Crippen LogP contribution is 2.21. The molecule has 0 unspecified atom stereocenters. The SMILES string of the molecule is CCCCN1CCC(NS(=O)(=O)c2ccc(Cl)c(C(=O)O)c2)CC1. The molecule has 1 fully saturated rings. The number of benzene rings is 1. The van der Waals surface area contributed by atoms with E-state index in [0.29, 0.717) is 0 Å². The zero-order valence-electron chi connectivity index (χ0n) is 13.7. The first-order valence-electron chi connectivity index (χ1n) is 8.11. The fourth-order valence-corrected chi connectivity index (χ4v) is 4.31. The summed E-state index contributed by atoms with van der Waals surface area (Å²) in [6.45, 7) is 4.94. The van der Waals surface area contributed by atoms with Crippen LogP contribution in [-0.2, 0) is 10.0 Å². The highest BCUT2D eigenvalue weighted by molar-refractivity contribution is 7.89. The monoisotopic (exact) mass is 374 g/mol. The number of sulfonamides is 1. The number of hydrogen-bond acceptors (Lipinski definition) is 4. The zero-order valence-corrected chi connectivity index (χ0v) is 15.2. The minimum Gasteiger partial charge on any atom is -0.478 e. The Morgan fingerprint density at radius 3 is 2.62 bits per heavy atom. The van der Waals surface area contributed by atoms with Gasteiger partial charge in [-0.15, -0.1) is 0 Å². The Morgan fingerprint density at radius 1 is 1.38 bits per heavy atom. The van der Waals surface area contributed by atoms with Crippen LogP contribution >= 0.6 is 11.6 Å². The van der Waals surface area contributed by atoms with Crippen LogP contribution in [0.1, 0.15) is 43.0 Å². The summed E-state index contributed by atoms with van der Waals surface area (Å²) >= 11 is 5.79. The Kier molecular flexibility index (Phi) is 6.62. The molecule has 1 aromatic carbocycles. The third kappa shape index (κ3) is 4.92. The third-order valence-corrected chi connectivity index (χ3v) is 6.06. The van der Waals surface area contributed by atoms with Crippen LogP contribution in [0.25, 0.3) is 0 Å². The molecule has 1 aliphatic rings. The number of carbonyl (C=O) groups is 1. The summed E-state index contributed by atoms with van der Waals surface area (Å²) in [5, 5.41) is 9.09. The lowest BCUT2D eigenvalue weighted by Crippen LogP contribution is -2.44. The molecule has 0 aliphatic carbocycles. The van der Waals surface area contributed by atoms with Gasteiger partial charge in [-0.05, 0) is 57.1 Å². The molecule has 8 heteroatoms. The molecule has 24 heavy (non-hydrogen) atoms. The van der Waals surface area contributed by atoms with Crippen LogP contribution in [0.2, 0.25) is 5.02 Å². The van der Waals surface area contributed by atoms with Crippen molar-refractivity contribution in [2.45, 2.75) is 43.5 Å². The number of nitrogens with one attached hydrogen (secondary N) is 1. The quantitative estimate of drug-likeness (QED) is 0.766. The van der Waals surface area contributed by atoms with Gasteiger partial charge in [-0.25, -0.2) is 17.9 Å². The molecule has 0 atom stereocenters. The predicted molar refractivity (Wildman–Crippen MR) is 93.1 cm³/mol. The second kappa shape index (κ2) is 8.29. The maximum Gasteiger partial charge on any atom is 0.337 e. The smallest absolute Gasteiger partial charge is 0.337 e. The molecule has 2 rings (SSSR count). The molecule has 0 amide bonds. The molecule has 1 heterocycles. The summed E-state index contributed by atoms with van der Waals surface area (Å²) in [5.41, 5.74) is -0.214. The van der Waals surface area contributed by atoms with E-state index in [0.717, 1.165) is 51.4 Å². The van der Waals surface area contributed by atoms with Gasteiger partial charge in [-0.3, -0.25) is 0 Å². The highest BCUT2D eigenvalue weighted by atomic mass is 35.5.